The van der Waals surface area contributed by atoms with Gasteiger partial charge in [-0.15, -0.1) is 0 Å². The molecule has 1 aromatic rings. The molecule has 25 heavy (non-hydrogen) atoms. The van der Waals surface area contributed by atoms with Crippen LogP contribution in [0.1, 0.15) is 40.7 Å². The van der Waals surface area contributed by atoms with Crippen LogP contribution in [0.4, 0.5) is 0 Å². The lowest BCUT2D eigenvalue weighted by Crippen LogP contribution is -2.44. The number of rotatable bonds is 5. The second-order valence-corrected chi connectivity index (χ2v) is 9.21. The van der Waals surface area contributed by atoms with Gasteiger partial charge in [-0.05, 0) is 44.7 Å². The summed E-state index contributed by atoms with van der Waals surface area (Å²) in [5.41, 5.74) is 2.19. The summed E-state index contributed by atoms with van der Waals surface area (Å²) in [6.45, 7) is 3.35. The van der Waals surface area contributed by atoms with E-state index >= 15 is 0 Å². The quantitative estimate of drug-likeness (QED) is 0.741. The highest BCUT2D eigenvalue weighted by atomic mass is 32.2. The van der Waals surface area contributed by atoms with Gasteiger partial charge in [0.25, 0.3) is 5.91 Å². The molecule has 0 unspecified atom stereocenters. The molecule has 1 atom stereocenters. The van der Waals surface area contributed by atoms with Gasteiger partial charge in [0.2, 0.25) is 0 Å². The minimum atomic E-state index is -3.07. The number of sulfone groups is 1. The Labute approximate surface area is 148 Å². The minimum Gasteiger partial charge on any atom is -0.452 e. The Kier molecular flexibility index (Phi) is 4.86. The fourth-order valence-corrected chi connectivity index (χ4v) is 5.00. The van der Waals surface area contributed by atoms with Gasteiger partial charge >= 0.3 is 5.97 Å². The normalized spacial score (nSPS) is 21.8. The highest BCUT2D eigenvalue weighted by molar-refractivity contribution is 7.91. The van der Waals surface area contributed by atoms with E-state index in [-0.39, 0.29) is 36.1 Å². The number of benzene rings is 1. The van der Waals surface area contributed by atoms with Crippen LogP contribution >= 0.6 is 0 Å². The van der Waals surface area contributed by atoms with Gasteiger partial charge in [0, 0.05) is 12.1 Å². The smallest absolute Gasteiger partial charge is 0.338 e. The summed E-state index contributed by atoms with van der Waals surface area (Å²) in [6.07, 6.45) is 2.23. The Hall–Kier alpha value is -1.89. The van der Waals surface area contributed by atoms with E-state index in [0.29, 0.717) is 12.0 Å². The minimum absolute atomic E-state index is 0.0141. The first-order valence-corrected chi connectivity index (χ1v) is 10.3. The van der Waals surface area contributed by atoms with Crippen LogP contribution in [0.3, 0.4) is 0 Å². The summed E-state index contributed by atoms with van der Waals surface area (Å²) in [5.74, 6) is -0.691. The molecule has 1 aliphatic heterocycles. The van der Waals surface area contributed by atoms with Gasteiger partial charge in [-0.1, -0.05) is 17.7 Å². The molecular formula is C18H23NO5S. The van der Waals surface area contributed by atoms with Crippen molar-refractivity contribution < 1.29 is 22.7 Å². The number of carbonyl (C=O) groups is 2. The van der Waals surface area contributed by atoms with E-state index in [9.17, 15) is 18.0 Å². The number of hydrogen-bond acceptors (Lipinski definition) is 5. The van der Waals surface area contributed by atoms with Crippen LogP contribution in [0.5, 0.6) is 0 Å². The molecule has 1 aliphatic carbocycles. The second kappa shape index (κ2) is 6.78. The molecule has 1 heterocycles. The Balaban J connectivity index is 1.64. The standard InChI is InChI=1S/C18H23NO5S/c1-12-3-4-13(2)16(9-12)18(21)24-10-17(20)19(14-5-6-14)15-7-8-25(22,23)11-15/h3-4,9,14-15H,5-8,10-11H2,1-2H3/t15-/m1/s1. The van der Waals surface area contributed by atoms with Crippen molar-refractivity contribution in [2.75, 3.05) is 18.1 Å². The fourth-order valence-electron chi connectivity index (χ4n) is 3.29. The van der Waals surface area contributed by atoms with Crippen molar-refractivity contribution in [3.05, 3.63) is 34.9 Å². The molecule has 7 heteroatoms. The molecule has 0 aromatic heterocycles. The zero-order valence-corrected chi connectivity index (χ0v) is 15.3. The van der Waals surface area contributed by atoms with Gasteiger partial charge in [-0.3, -0.25) is 4.79 Å². The highest BCUT2D eigenvalue weighted by Gasteiger charge is 2.42. The van der Waals surface area contributed by atoms with Crippen LogP contribution in [0.15, 0.2) is 18.2 Å². The van der Waals surface area contributed by atoms with Gasteiger partial charge in [-0.2, -0.15) is 0 Å². The number of hydrogen-bond donors (Lipinski definition) is 0. The van der Waals surface area contributed by atoms with E-state index in [0.717, 1.165) is 24.0 Å². The van der Waals surface area contributed by atoms with Crippen molar-refractivity contribution in [1.29, 1.82) is 0 Å². The average molecular weight is 365 g/mol. The number of esters is 1. The van der Waals surface area contributed by atoms with E-state index in [4.69, 9.17) is 4.74 Å². The zero-order chi connectivity index (χ0) is 18.2. The topological polar surface area (TPSA) is 80.8 Å². The Morgan fingerprint density at radius 3 is 2.48 bits per heavy atom. The predicted octanol–water partition coefficient (Wildman–Crippen LogP) is 1.64. The van der Waals surface area contributed by atoms with Crippen molar-refractivity contribution in [2.45, 2.75) is 45.2 Å². The molecule has 1 aromatic carbocycles. The van der Waals surface area contributed by atoms with E-state index in [2.05, 4.69) is 0 Å². The second-order valence-electron chi connectivity index (χ2n) is 6.98. The molecule has 1 saturated heterocycles. The van der Waals surface area contributed by atoms with Crippen LogP contribution in [0.25, 0.3) is 0 Å². The summed E-state index contributed by atoms with van der Waals surface area (Å²) in [6, 6.07) is 5.29. The molecule has 0 N–H and O–H groups in total. The lowest BCUT2D eigenvalue weighted by Gasteiger charge is -2.28. The molecule has 1 amide bonds. The Morgan fingerprint density at radius 2 is 1.88 bits per heavy atom. The highest BCUT2D eigenvalue weighted by Crippen LogP contribution is 2.32. The first kappa shape index (κ1) is 17.9. The third-order valence-corrected chi connectivity index (χ3v) is 6.52. The third kappa shape index (κ3) is 4.21. The number of amides is 1. The monoisotopic (exact) mass is 365 g/mol. The van der Waals surface area contributed by atoms with Gasteiger partial charge < -0.3 is 9.64 Å². The SMILES string of the molecule is Cc1ccc(C)c(C(=O)OCC(=O)N(C2CC2)[C@@H]2CCS(=O)(=O)C2)c1. The Morgan fingerprint density at radius 1 is 1.16 bits per heavy atom. The van der Waals surface area contributed by atoms with Crippen LogP contribution in [0, 0.1) is 13.8 Å². The maximum absolute atomic E-state index is 12.6. The first-order chi connectivity index (χ1) is 11.8. The maximum atomic E-state index is 12.6. The van der Waals surface area contributed by atoms with Gasteiger partial charge in [0.1, 0.15) is 0 Å². The molecule has 0 spiro atoms. The van der Waals surface area contributed by atoms with Gasteiger partial charge in [0.05, 0.1) is 17.1 Å². The van der Waals surface area contributed by atoms with E-state index in [1.807, 2.05) is 26.0 Å². The number of nitrogens with zero attached hydrogens (tertiary/aromatic N) is 1. The Bertz CT molecular complexity index is 798. The summed E-state index contributed by atoms with van der Waals surface area (Å²) >= 11 is 0. The van der Waals surface area contributed by atoms with E-state index < -0.39 is 15.8 Å². The summed E-state index contributed by atoms with van der Waals surface area (Å²) in [5, 5.41) is 0. The molecule has 0 radical (unpaired) electrons. The third-order valence-electron chi connectivity index (χ3n) is 4.77. The molecule has 136 valence electrons. The van der Waals surface area contributed by atoms with Crippen molar-refractivity contribution in [3.8, 4) is 0 Å². The van der Waals surface area contributed by atoms with E-state index in [1.54, 1.807) is 11.0 Å². The lowest BCUT2D eigenvalue weighted by atomic mass is 10.1. The summed E-state index contributed by atoms with van der Waals surface area (Å²) < 4.78 is 28.6. The number of carbonyl (C=O) groups excluding carboxylic acids is 2. The largest absolute Gasteiger partial charge is 0.452 e. The molecule has 3 rings (SSSR count). The van der Waals surface area contributed by atoms with Crippen LogP contribution in [-0.4, -0.2) is 55.4 Å². The molecular weight excluding hydrogens is 342 g/mol. The number of aryl methyl sites for hydroxylation is 2. The summed E-state index contributed by atoms with van der Waals surface area (Å²) in [7, 11) is -3.07. The maximum Gasteiger partial charge on any atom is 0.338 e. The predicted molar refractivity (Wildman–Crippen MR) is 93.1 cm³/mol. The van der Waals surface area contributed by atoms with E-state index in [1.165, 1.54) is 0 Å². The van der Waals surface area contributed by atoms with Gasteiger partial charge in [0.15, 0.2) is 16.4 Å². The molecule has 2 aliphatic rings. The molecule has 0 bridgehead atoms. The molecule has 1 saturated carbocycles. The van der Waals surface area contributed by atoms with Gasteiger partial charge in [-0.25, -0.2) is 13.2 Å². The molecule has 6 nitrogen and oxygen atoms in total. The van der Waals surface area contributed by atoms with Crippen molar-refractivity contribution >= 4 is 21.7 Å². The van der Waals surface area contributed by atoms with Crippen molar-refractivity contribution in [1.82, 2.24) is 4.90 Å². The number of ether oxygens (including phenoxy) is 1. The van der Waals surface area contributed by atoms with Crippen LogP contribution < -0.4 is 0 Å². The summed E-state index contributed by atoms with van der Waals surface area (Å²) in [4.78, 5) is 26.5. The average Bonchev–Trinajstić information content (AvgIpc) is 3.31. The van der Waals surface area contributed by atoms with Crippen LogP contribution in [0.2, 0.25) is 0 Å². The van der Waals surface area contributed by atoms with Crippen LogP contribution in [-0.2, 0) is 19.4 Å². The molecule has 2 fully saturated rings. The zero-order valence-electron chi connectivity index (χ0n) is 14.5. The van der Waals surface area contributed by atoms with Crippen molar-refractivity contribution in [2.24, 2.45) is 0 Å². The van der Waals surface area contributed by atoms with Crippen molar-refractivity contribution in [3.63, 3.8) is 0 Å². The fraction of sp³-hybridized carbons (Fsp3) is 0.556. The lowest BCUT2D eigenvalue weighted by molar-refractivity contribution is -0.137. The first-order valence-electron chi connectivity index (χ1n) is 8.53.